The molecule has 3 nitrogen and oxygen atoms in total. The lowest BCUT2D eigenvalue weighted by atomic mass is 10.1. The molecule has 0 saturated carbocycles. The van der Waals surface area contributed by atoms with E-state index in [1.807, 2.05) is 20.8 Å². The highest BCUT2D eigenvalue weighted by Crippen LogP contribution is 2.17. The number of amides is 1. The lowest BCUT2D eigenvalue weighted by Gasteiger charge is -2.21. The maximum Gasteiger partial charge on any atom is 0.238 e. The average molecular weight is 259 g/mol. The van der Waals surface area contributed by atoms with Gasteiger partial charge in [0, 0.05) is 10.6 Å². The van der Waals surface area contributed by atoms with Gasteiger partial charge in [0.2, 0.25) is 5.91 Å². The molecule has 17 heavy (non-hydrogen) atoms. The van der Waals surface area contributed by atoms with Crippen molar-refractivity contribution in [2.45, 2.75) is 32.7 Å². The zero-order valence-electron chi connectivity index (χ0n) is 10.1. The second kappa shape index (κ2) is 5.47. The summed E-state index contributed by atoms with van der Waals surface area (Å²) in [5, 5.41) is 0.260. The number of hydrazine groups is 1. The summed E-state index contributed by atoms with van der Waals surface area (Å²) in [6, 6.07) is 3.99. The van der Waals surface area contributed by atoms with E-state index in [1.165, 1.54) is 18.2 Å². The van der Waals surface area contributed by atoms with Gasteiger partial charge in [-0.25, -0.2) is 9.82 Å². The number of nitrogens with one attached hydrogen (secondary N) is 2. The minimum Gasteiger partial charge on any atom is -0.291 e. The Morgan fingerprint density at radius 3 is 2.59 bits per heavy atom. The topological polar surface area (TPSA) is 41.1 Å². The van der Waals surface area contributed by atoms with E-state index in [9.17, 15) is 9.18 Å². The van der Waals surface area contributed by atoms with Crippen LogP contribution in [0.5, 0.6) is 0 Å². The predicted molar refractivity (Wildman–Crippen MR) is 66.1 cm³/mol. The molecule has 0 aromatic heterocycles. The fraction of sp³-hybridized carbons (Fsp3) is 0.417. The molecule has 0 atom stereocenters. The molecule has 5 heteroatoms. The third-order valence-electron chi connectivity index (χ3n) is 1.94. The zero-order chi connectivity index (χ0) is 13.1. The Labute approximate surface area is 105 Å². The Morgan fingerprint density at radius 1 is 1.41 bits per heavy atom. The first-order valence-electron chi connectivity index (χ1n) is 5.28. The van der Waals surface area contributed by atoms with Crippen molar-refractivity contribution in [3.05, 3.63) is 34.6 Å². The molecular weight excluding hydrogens is 243 g/mol. The highest BCUT2D eigenvalue weighted by Gasteiger charge is 2.12. The standard InChI is InChI=1S/C12H16ClFN2O/c1-12(2,3)16-15-11(17)6-8-4-5-9(14)7-10(8)13/h4-5,7,16H,6H2,1-3H3,(H,15,17). The molecule has 0 heterocycles. The van der Waals surface area contributed by atoms with Crippen LogP contribution in [0.3, 0.4) is 0 Å². The number of carbonyl (C=O) groups is 1. The summed E-state index contributed by atoms with van der Waals surface area (Å²) in [6.07, 6.45) is 0.113. The van der Waals surface area contributed by atoms with Crippen molar-refractivity contribution in [2.24, 2.45) is 0 Å². The molecule has 1 amide bonds. The number of hydrogen-bond donors (Lipinski definition) is 2. The summed E-state index contributed by atoms with van der Waals surface area (Å²) >= 11 is 5.82. The molecule has 0 radical (unpaired) electrons. The highest BCUT2D eigenvalue weighted by molar-refractivity contribution is 6.31. The Morgan fingerprint density at radius 2 is 2.06 bits per heavy atom. The van der Waals surface area contributed by atoms with Crippen LogP contribution in [0.1, 0.15) is 26.3 Å². The quantitative estimate of drug-likeness (QED) is 0.818. The molecule has 0 spiro atoms. The Kier molecular flexibility index (Phi) is 4.48. The van der Waals surface area contributed by atoms with Crippen molar-refractivity contribution < 1.29 is 9.18 Å². The van der Waals surface area contributed by atoms with Crippen molar-refractivity contribution >= 4 is 17.5 Å². The van der Waals surface area contributed by atoms with Gasteiger partial charge in [-0.3, -0.25) is 10.2 Å². The van der Waals surface area contributed by atoms with Gasteiger partial charge in [-0.05, 0) is 38.5 Å². The second-order valence-electron chi connectivity index (χ2n) is 4.84. The Bertz CT molecular complexity index is 415. The first-order valence-corrected chi connectivity index (χ1v) is 5.66. The van der Waals surface area contributed by atoms with Gasteiger partial charge in [-0.1, -0.05) is 17.7 Å². The minimum atomic E-state index is -0.410. The molecule has 94 valence electrons. The van der Waals surface area contributed by atoms with Crippen LogP contribution < -0.4 is 10.9 Å². The first kappa shape index (κ1) is 13.9. The molecule has 1 aromatic rings. The van der Waals surface area contributed by atoms with Crippen molar-refractivity contribution in [3.8, 4) is 0 Å². The van der Waals surface area contributed by atoms with Gasteiger partial charge in [-0.2, -0.15) is 0 Å². The third kappa shape index (κ3) is 5.15. The van der Waals surface area contributed by atoms with E-state index in [4.69, 9.17) is 11.6 Å². The number of rotatable bonds is 3. The molecule has 0 aliphatic rings. The van der Waals surface area contributed by atoms with E-state index < -0.39 is 5.82 Å². The van der Waals surface area contributed by atoms with E-state index in [0.717, 1.165) is 0 Å². The number of carbonyl (C=O) groups excluding carboxylic acids is 1. The smallest absolute Gasteiger partial charge is 0.238 e. The summed E-state index contributed by atoms with van der Waals surface area (Å²) < 4.78 is 12.8. The number of hydrogen-bond acceptors (Lipinski definition) is 2. The van der Waals surface area contributed by atoms with Crippen LogP contribution in [0, 0.1) is 5.82 Å². The summed E-state index contributed by atoms with van der Waals surface area (Å²) in [4.78, 5) is 11.6. The maximum atomic E-state index is 12.8. The molecule has 1 aromatic carbocycles. The molecule has 0 fully saturated rings. The minimum absolute atomic E-state index is 0.113. The molecule has 0 unspecified atom stereocenters. The van der Waals surface area contributed by atoms with Crippen molar-refractivity contribution in [1.82, 2.24) is 10.9 Å². The van der Waals surface area contributed by atoms with Gasteiger partial charge in [0.1, 0.15) is 5.82 Å². The molecule has 1 rings (SSSR count). The summed E-state index contributed by atoms with van der Waals surface area (Å²) in [7, 11) is 0. The van der Waals surface area contributed by atoms with E-state index >= 15 is 0 Å². The van der Waals surface area contributed by atoms with Crippen molar-refractivity contribution in [1.29, 1.82) is 0 Å². The Balaban J connectivity index is 2.57. The highest BCUT2D eigenvalue weighted by atomic mass is 35.5. The zero-order valence-corrected chi connectivity index (χ0v) is 10.9. The third-order valence-corrected chi connectivity index (χ3v) is 2.29. The molecule has 0 saturated heterocycles. The van der Waals surface area contributed by atoms with Gasteiger partial charge in [-0.15, -0.1) is 0 Å². The lowest BCUT2D eigenvalue weighted by molar-refractivity contribution is -0.121. The summed E-state index contributed by atoms with van der Waals surface area (Å²) in [5.74, 6) is -0.625. The molecule has 0 bridgehead atoms. The number of benzene rings is 1. The van der Waals surface area contributed by atoms with Crippen LogP contribution in [-0.4, -0.2) is 11.4 Å². The van der Waals surface area contributed by atoms with E-state index in [1.54, 1.807) is 0 Å². The lowest BCUT2D eigenvalue weighted by Crippen LogP contribution is -2.49. The van der Waals surface area contributed by atoms with Crippen LogP contribution in [0.4, 0.5) is 4.39 Å². The van der Waals surface area contributed by atoms with Gasteiger partial charge >= 0.3 is 0 Å². The Hall–Kier alpha value is -1.13. The largest absolute Gasteiger partial charge is 0.291 e. The van der Waals surface area contributed by atoms with Crippen LogP contribution >= 0.6 is 11.6 Å². The normalized spacial score (nSPS) is 11.4. The van der Waals surface area contributed by atoms with E-state index in [2.05, 4.69) is 10.9 Å². The molecule has 0 aliphatic heterocycles. The van der Waals surface area contributed by atoms with E-state index in [-0.39, 0.29) is 22.9 Å². The fourth-order valence-electron chi connectivity index (χ4n) is 1.14. The number of halogens is 2. The van der Waals surface area contributed by atoms with Gasteiger partial charge in [0.05, 0.1) is 6.42 Å². The van der Waals surface area contributed by atoms with Gasteiger partial charge in [0.25, 0.3) is 0 Å². The van der Waals surface area contributed by atoms with Crippen LogP contribution in [0.25, 0.3) is 0 Å². The van der Waals surface area contributed by atoms with Gasteiger partial charge < -0.3 is 0 Å². The fourth-order valence-corrected chi connectivity index (χ4v) is 1.37. The van der Waals surface area contributed by atoms with E-state index in [0.29, 0.717) is 5.56 Å². The monoisotopic (exact) mass is 258 g/mol. The van der Waals surface area contributed by atoms with Crippen molar-refractivity contribution in [3.63, 3.8) is 0 Å². The molecule has 2 N–H and O–H groups in total. The summed E-state index contributed by atoms with van der Waals surface area (Å²) in [6.45, 7) is 5.79. The SMILES string of the molecule is CC(C)(C)NNC(=O)Cc1ccc(F)cc1Cl. The van der Waals surface area contributed by atoms with Crippen LogP contribution in [-0.2, 0) is 11.2 Å². The predicted octanol–water partition coefficient (Wildman–Crippen LogP) is 2.44. The van der Waals surface area contributed by atoms with Crippen LogP contribution in [0.15, 0.2) is 18.2 Å². The van der Waals surface area contributed by atoms with Gasteiger partial charge in [0.15, 0.2) is 0 Å². The second-order valence-corrected chi connectivity index (χ2v) is 5.24. The molecular formula is C12H16ClFN2O. The molecule has 0 aliphatic carbocycles. The maximum absolute atomic E-state index is 12.8. The first-order chi connectivity index (χ1) is 7.78. The van der Waals surface area contributed by atoms with Crippen molar-refractivity contribution in [2.75, 3.05) is 0 Å². The summed E-state index contributed by atoms with van der Waals surface area (Å²) in [5.41, 5.74) is 5.82. The average Bonchev–Trinajstić information content (AvgIpc) is 2.18. The van der Waals surface area contributed by atoms with Crippen LogP contribution in [0.2, 0.25) is 5.02 Å².